The molecule has 1 aromatic heterocycles. The van der Waals surface area contributed by atoms with Crippen molar-refractivity contribution in [3.63, 3.8) is 0 Å². The highest BCUT2D eigenvalue weighted by molar-refractivity contribution is 6.12. The molecule has 0 radical (unpaired) electrons. The number of allylic oxidation sites excluding steroid dienone is 3. The summed E-state index contributed by atoms with van der Waals surface area (Å²) in [7, 11) is 0. The van der Waals surface area contributed by atoms with Crippen LogP contribution in [-0.2, 0) is 0 Å². The fraction of sp³-hybridized carbons (Fsp3) is 0.0345. The highest BCUT2D eigenvalue weighted by atomic mass is 15.0. The number of hydrogen-bond donors (Lipinski definition) is 2. The Morgan fingerprint density at radius 3 is 2.34 bits per heavy atom. The van der Waals surface area contributed by atoms with E-state index in [0.29, 0.717) is 0 Å². The molecule has 0 spiro atoms. The SMILES string of the molecule is C/C1=C/C=C/Nc2ccccc2-c2cc3c(cc2N1)c1ccccc1n3-c1ccccc1. The van der Waals surface area contributed by atoms with E-state index < -0.39 is 0 Å². The fourth-order valence-corrected chi connectivity index (χ4v) is 4.62. The predicted molar refractivity (Wildman–Crippen MR) is 136 cm³/mol. The minimum atomic E-state index is 1.08. The second kappa shape index (κ2) is 7.47. The first-order valence-electron chi connectivity index (χ1n) is 10.9. The number of hydrogen-bond acceptors (Lipinski definition) is 2. The number of benzene rings is 4. The second-order valence-electron chi connectivity index (χ2n) is 8.13. The van der Waals surface area contributed by atoms with Crippen LogP contribution in [0.3, 0.4) is 0 Å². The van der Waals surface area contributed by atoms with Gasteiger partial charge in [-0.05, 0) is 55.5 Å². The summed E-state index contributed by atoms with van der Waals surface area (Å²) in [5.74, 6) is 0. The Morgan fingerprint density at radius 1 is 0.656 bits per heavy atom. The molecule has 0 unspecified atom stereocenters. The van der Waals surface area contributed by atoms with Gasteiger partial charge in [0, 0.05) is 50.9 Å². The minimum Gasteiger partial charge on any atom is -0.361 e. The zero-order valence-electron chi connectivity index (χ0n) is 17.8. The normalized spacial score (nSPS) is 15.7. The van der Waals surface area contributed by atoms with Gasteiger partial charge in [-0.2, -0.15) is 0 Å². The van der Waals surface area contributed by atoms with Gasteiger partial charge in [-0.15, -0.1) is 0 Å². The van der Waals surface area contributed by atoms with Crippen molar-refractivity contribution >= 4 is 33.2 Å². The summed E-state index contributed by atoms with van der Waals surface area (Å²) >= 11 is 0. The lowest BCUT2D eigenvalue weighted by Crippen LogP contribution is -2.01. The Bertz CT molecular complexity index is 1520. The number of nitrogens with zero attached hydrogens (tertiary/aromatic N) is 1. The van der Waals surface area contributed by atoms with Crippen LogP contribution in [-0.4, -0.2) is 4.57 Å². The van der Waals surface area contributed by atoms with E-state index in [2.05, 4.69) is 119 Å². The van der Waals surface area contributed by atoms with E-state index >= 15 is 0 Å². The molecule has 2 N–H and O–H groups in total. The molecule has 1 aliphatic rings. The monoisotopic (exact) mass is 413 g/mol. The maximum atomic E-state index is 3.65. The molecule has 2 heterocycles. The number of nitrogens with one attached hydrogen (secondary N) is 2. The van der Waals surface area contributed by atoms with E-state index in [1.54, 1.807) is 0 Å². The first-order chi connectivity index (χ1) is 15.8. The van der Waals surface area contributed by atoms with E-state index in [9.17, 15) is 0 Å². The number of aromatic nitrogens is 1. The molecule has 5 aromatic rings. The summed E-state index contributed by atoms with van der Waals surface area (Å²) in [6.07, 6.45) is 6.10. The van der Waals surface area contributed by atoms with Crippen LogP contribution in [0.5, 0.6) is 0 Å². The van der Waals surface area contributed by atoms with Crippen molar-refractivity contribution in [3.05, 3.63) is 115 Å². The molecule has 3 nitrogen and oxygen atoms in total. The van der Waals surface area contributed by atoms with Crippen LogP contribution in [0.15, 0.2) is 115 Å². The Labute approximate surface area is 187 Å². The average Bonchev–Trinajstić information content (AvgIpc) is 3.15. The maximum absolute atomic E-state index is 3.65. The van der Waals surface area contributed by atoms with E-state index in [1.807, 2.05) is 12.3 Å². The lowest BCUT2D eigenvalue weighted by molar-refractivity contribution is 1.18. The van der Waals surface area contributed by atoms with Gasteiger partial charge in [0.15, 0.2) is 0 Å². The number of anilines is 2. The van der Waals surface area contributed by atoms with Crippen LogP contribution < -0.4 is 10.6 Å². The molecular weight excluding hydrogens is 390 g/mol. The molecule has 0 bridgehead atoms. The molecule has 1 aliphatic heterocycles. The Kier molecular flexibility index (Phi) is 4.32. The van der Waals surface area contributed by atoms with Gasteiger partial charge in [-0.25, -0.2) is 0 Å². The zero-order chi connectivity index (χ0) is 21.5. The van der Waals surface area contributed by atoms with Gasteiger partial charge in [0.2, 0.25) is 0 Å². The highest BCUT2D eigenvalue weighted by Crippen LogP contribution is 2.41. The Balaban J connectivity index is 1.74. The van der Waals surface area contributed by atoms with Gasteiger partial charge in [0.1, 0.15) is 0 Å². The summed E-state index contributed by atoms with van der Waals surface area (Å²) in [6.45, 7) is 2.10. The number of fused-ring (bicyclic) bond motifs is 6. The third-order valence-corrected chi connectivity index (χ3v) is 6.06. The summed E-state index contributed by atoms with van der Waals surface area (Å²) in [6, 6.07) is 32.3. The third-order valence-electron chi connectivity index (χ3n) is 6.06. The van der Waals surface area contributed by atoms with Crippen LogP contribution >= 0.6 is 0 Å². The first-order valence-corrected chi connectivity index (χ1v) is 10.9. The third kappa shape index (κ3) is 2.98. The Hall–Kier alpha value is -4.24. The lowest BCUT2D eigenvalue weighted by Gasteiger charge is -2.18. The van der Waals surface area contributed by atoms with Crippen molar-refractivity contribution < 1.29 is 0 Å². The van der Waals surface area contributed by atoms with Crippen LogP contribution in [0.1, 0.15) is 6.92 Å². The average molecular weight is 414 g/mol. The van der Waals surface area contributed by atoms with Crippen molar-refractivity contribution in [2.24, 2.45) is 0 Å². The standard InChI is InChI=1S/C29H23N3/c1-20-10-9-17-30-26-15-7-5-13-22(26)24-19-29-25(18-27(24)31-20)23-14-6-8-16-28(23)32(29)21-11-3-2-4-12-21/h2-19,30-31H,1H3/b17-9+,20-10-. The molecule has 0 saturated carbocycles. The second-order valence-corrected chi connectivity index (χ2v) is 8.13. The van der Waals surface area contributed by atoms with Crippen molar-refractivity contribution in [2.75, 3.05) is 10.6 Å². The van der Waals surface area contributed by atoms with Gasteiger partial charge >= 0.3 is 0 Å². The summed E-state index contributed by atoms with van der Waals surface area (Å²) in [5.41, 5.74) is 9.19. The summed E-state index contributed by atoms with van der Waals surface area (Å²) in [4.78, 5) is 0. The maximum Gasteiger partial charge on any atom is 0.0548 e. The quantitative estimate of drug-likeness (QED) is 0.295. The van der Waals surface area contributed by atoms with Gasteiger partial charge in [-0.1, -0.05) is 54.6 Å². The lowest BCUT2D eigenvalue weighted by atomic mass is 9.98. The Morgan fingerprint density at radius 2 is 1.44 bits per heavy atom. The van der Waals surface area contributed by atoms with Gasteiger partial charge in [0.05, 0.1) is 11.0 Å². The van der Waals surface area contributed by atoms with Gasteiger partial charge in [-0.3, -0.25) is 0 Å². The highest BCUT2D eigenvalue weighted by Gasteiger charge is 2.17. The molecule has 0 aliphatic carbocycles. The topological polar surface area (TPSA) is 29.0 Å². The number of para-hydroxylation sites is 3. The summed E-state index contributed by atoms with van der Waals surface area (Å²) in [5, 5.41) is 9.59. The van der Waals surface area contributed by atoms with Crippen LogP contribution in [0.4, 0.5) is 11.4 Å². The van der Waals surface area contributed by atoms with E-state index in [4.69, 9.17) is 0 Å². The van der Waals surface area contributed by atoms with Crippen LogP contribution in [0.25, 0.3) is 38.6 Å². The molecule has 0 atom stereocenters. The number of rotatable bonds is 1. The van der Waals surface area contributed by atoms with Crippen LogP contribution in [0.2, 0.25) is 0 Å². The molecular formula is C29H23N3. The van der Waals surface area contributed by atoms with Crippen molar-refractivity contribution in [3.8, 4) is 16.8 Å². The molecule has 0 amide bonds. The molecule has 32 heavy (non-hydrogen) atoms. The van der Waals surface area contributed by atoms with Crippen molar-refractivity contribution in [1.82, 2.24) is 4.57 Å². The smallest absolute Gasteiger partial charge is 0.0548 e. The van der Waals surface area contributed by atoms with E-state index in [-0.39, 0.29) is 0 Å². The summed E-state index contributed by atoms with van der Waals surface area (Å²) < 4.78 is 2.36. The van der Waals surface area contributed by atoms with Gasteiger partial charge < -0.3 is 15.2 Å². The fourth-order valence-electron chi connectivity index (χ4n) is 4.62. The largest absolute Gasteiger partial charge is 0.361 e. The molecule has 0 fully saturated rings. The molecule has 0 saturated heterocycles. The molecule has 4 aromatic carbocycles. The van der Waals surface area contributed by atoms with Crippen molar-refractivity contribution in [1.29, 1.82) is 0 Å². The molecule has 154 valence electrons. The van der Waals surface area contributed by atoms with E-state index in [1.165, 1.54) is 32.9 Å². The van der Waals surface area contributed by atoms with Gasteiger partial charge in [0.25, 0.3) is 0 Å². The first kappa shape index (κ1) is 18.5. The zero-order valence-corrected chi connectivity index (χ0v) is 17.8. The predicted octanol–water partition coefficient (Wildman–Crippen LogP) is 7.71. The van der Waals surface area contributed by atoms with Crippen molar-refractivity contribution in [2.45, 2.75) is 6.92 Å². The minimum absolute atomic E-state index is 1.08. The molecule has 6 rings (SSSR count). The molecule has 3 heteroatoms. The van der Waals surface area contributed by atoms with E-state index in [0.717, 1.165) is 22.8 Å². The van der Waals surface area contributed by atoms with Crippen LogP contribution in [0, 0.1) is 0 Å².